The van der Waals surface area contributed by atoms with Crippen molar-refractivity contribution in [1.82, 2.24) is 0 Å². The monoisotopic (exact) mass is 184 g/mol. The Labute approximate surface area is 84.4 Å². The molecule has 1 rings (SSSR count). The molecule has 0 unspecified atom stereocenters. The maximum absolute atomic E-state index is 8.58. The van der Waals surface area contributed by atoms with Gasteiger partial charge >= 0.3 is 0 Å². The molecular weight excluding hydrogens is 172 g/mol. The lowest BCUT2D eigenvalue weighted by Gasteiger charge is -2.08. The molecular formula is C12H12N2. The molecule has 0 aliphatic heterocycles. The van der Waals surface area contributed by atoms with Crippen LogP contribution in [0.3, 0.4) is 0 Å². The summed E-state index contributed by atoms with van der Waals surface area (Å²) in [5, 5.41) is 17.2. The van der Waals surface area contributed by atoms with Crippen molar-refractivity contribution >= 4 is 0 Å². The van der Waals surface area contributed by atoms with Gasteiger partial charge in [-0.25, -0.2) is 0 Å². The van der Waals surface area contributed by atoms with Crippen LogP contribution in [0.25, 0.3) is 0 Å². The molecule has 0 radical (unpaired) electrons. The van der Waals surface area contributed by atoms with Crippen LogP contribution < -0.4 is 0 Å². The van der Waals surface area contributed by atoms with E-state index < -0.39 is 0 Å². The Balaban J connectivity index is 2.57. The molecule has 0 bridgehead atoms. The second kappa shape index (κ2) is 5.78. The highest BCUT2D eigenvalue weighted by atomic mass is 14.3. The van der Waals surface area contributed by atoms with E-state index in [0.717, 1.165) is 6.42 Å². The van der Waals surface area contributed by atoms with Crippen molar-refractivity contribution in [2.24, 2.45) is 5.92 Å². The van der Waals surface area contributed by atoms with Gasteiger partial charge in [0, 0.05) is 12.8 Å². The molecule has 0 amide bonds. The summed E-state index contributed by atoms with van der Waals surface area (Å²) in [6, 6.07) is 14.2. The van der Waals surface area contributed by atoms with Crippen LogP contribution in [0.5, 0.6) is 0 Å². The van der Waals surface area contributed by atoms with Gasteiger partial charge in [-0.15, -0.1) is 0 Å². The van der Waals surface area contributed by atoms with E-state index >= 15 is 0 Å². The average molecular weight is 184 g/mol. The van der Waals surface area contributed by atoms with Gasteiger partial charge in [-0.2, -0.15) is 10.5 Å². The fraction of sp³-hybridized carbons (Fsp3) is 0.333. The molecule has 2 heteroatoms. The van der Waals surface area contributed by atoms with E-state index in [4.69, 9.17) is 10.5 Å². The third-order valence-electron chi connectivity index (χ3n) is 2.13. The van der Waals surface area contributed by atoms with E-state index in [0.29, 0.717) is 12.8 Å². The zero-order valence-corrected chi connectivity index (χ0v) is 7.98. The third kappa shape index (κ3) is 3.29. The largest absolute Gasteiger partial charge is 0.198 e. The van der Waals surface area contributed by atoms with Crippen molar-refractivity contribution in [1.29, 1.82) is 10.5 Å². The van der Waals surface area contributed by atoms with Crippen LogP contribution in [0, 0.1) is 28.6 Å². The second-order valence-corrected chi connectivity index (χ2v) is 3.28. The highest BCUT2D eigenvalue weighted by Gasteiger charge is 2.08. The number of benzene rings is 1. The lowest BCUT2D eigenvalue weighted by atomic mass is 9.94. The number of rotatable bonds is 4. The first kappa shape index (κ1) is 10.3. The fourth-order valence-electron chi connectivity index (χ4n) is 1.42. The molecule has 0 N–H and O–H groups in total. The molecule has 70 valence electrons. The quantitative estimate of drug-likeness (QED) is 0.722. The molecule has 0 saturated carbocycles. The van der Waals surface area contributed by atoms with Crippen molar-refractivity contribution < 1.29 is 0 Å². The zero-order valence-electron chi connectivity index (χ0n) is 7.98. The number of nitriles is 2. The SMILES string of the molecule is N#CCC(CC#N)Cc1ccccc1. The minimum Gasteiger partial charge on any atom is -0.198 e. The molecule has 0 atom stereocenters. The summed E-state index contributed by atoms with van der Waals surface area (Å²) in [4.78, 5) is 0. The van der Waals surface area contributed by atoms with Crippen LogP contribution >= 0.6 is 0 Å². The topological polar surface area (TPSA) is 47.6 Å². The smallest absolute Gasteiger partial charge is 0.0625 e. The molecule has 0 spiro atoms. The van der Waals surface area contributed by atoms with E-state index in [1.54, 1.807) is 0 Å². The van der Waals surface area contributed by atoms with Crippen molar-refractivity contribution in [2.75, 3.05) is 0 Å². The average Bonchev–Trinajstić information content (AvgIpc) is 2.20. The molecule has 0 fully saturated rings. The standard InChI is InChI=1S/C12H12N2/c13-8-6-12(7-9-14)10-11-4-2-1-3-5-11/h1-5,12H,6-7,10H2. The fourth-order valence-corrected chi connectivity index (χ4v) is 1.42. The van der Waals surface area contributed by atoms with E-state index in [-0.39, 0.29) is 5.92 Å². The van der Waals surface area contributed by atoms with Crippen LogP contribution in [0.4, 0.5) is 0 Å². The number of hydrogen-bond donors (Lipinski definition) is 0. The van der Waals surface area contributed by atoms with Gasteiger partial charge in [0.25, 0.3) is 0 Å². The van der Waals surface area contributed by atoms with Crippen molar-refractivity contribution in [2.45, 2.75) is 19.3 Å². The molecule has 14 heavy (non-hydrogen) atoms. The molecule has 0 aliphatic rings. The van der Waals surface area contributed by atoms with E-state index in [9.17, 15) is 0 Å². The second-order valence-electron chi connectivity index (χ2n) is 3.28. The van der Waals surface area contributed by atoms with Gasteiger partial charge in [0.1, 0.15) is 0 Å². The summed E-state index contributed by atoms with van der Waals surface area (Å²) in [5.41, 5.74) is 1.20. The van der Waals surface area contributed by atoms with Crippen LogP contribution in [0.1, 0.15) is 18.4 Å². The predicted molar refractivity (Wildman–Crippen MR) is 54.1 cm³/mol. The first-order chi connectivity index (χ1) is 6.86. The lowest BCUT2D eigenvalue weighted by molar-refractivity contribution is 0.550. The van der Waals surface area contributed by atoms with Gasteiger partial charge in [0.15, 0.2) is 0 Å². The van der Waals surface area contributed by atoms with Crippen LogP contribution in [0.2, 0.25) is 0 Å². The van der Waals surface area contributed by atoms with Crippen LogP contribution in [-0.2, 0) is 6.42 Å². The number of hydrogen-bond acceptors (Lipinski definition) is 2. The third-order valence-corrected chi connectivity index (χ3v) is 2.13. The summed E-state index contributed by atoms with van der Waals surface area (Å²) in [5.74, 6) is 0.174. The summed E-state index contributed by atoms with van der Waals surface area (Å²) in [6.07, 6.45) is 1.74. The van der Waals surface area contributed by atoms with Crippen LogP contribution in [-0.4, -0.2) is 0 Å². The lowest BCUT2D eigenvalue weighted by Crippen LogP contribution is -2.02. The van der Waals surface area contributed by atoms with Gasteiger partial charge in [-0.1, -0.05) is 30.3 Å². The zero-order chi connectivity index (χ0) is 10.2. The summed E-state index contributed by atoms with van der Waals surface area (Å²) < 4.78 is 0. The minimum atomic E-state index is 0.174. The maximum atomic E-state index is 8.58. The van der Waals surface area contributed by atoms with Gasteiger partial charge in [-0.05, 0) is 17.9 Å². The molecule has 0 heterocycles. The number of nitrogens with zero attached hydrogens (tertiary/aromatic N) is 2. The normalized spacial score (nSPS) is 9.36. The molecule has 1 aromatic carbocycles. The van der Waals surface area contributed by atoms with Crippen molar-refractivity contribution in [3.63, 3.8) is 0 Å². The Morgan fingerprint density at radius 3 is 2.07 bits per heavy atom. The van der Waals surface area contributed by atoms with E-state index in [1.807, 2.05) is 30.3 Å². The summed E-state index contributed by atoms with van der Waals surface area (Å²) in [6.45, 7) is 0. The van der Waals surface area contributed by atoms with Gasteiger partial charge in [0.05, 0.1) is 12.1 Å². The Morgan fingerprint density at radius 2 is 1.57 bits per heavy atom. The Morgan fingerprint density at radius 1 is 1.00 bits per heavy atom. The van der Waals surface area contributed by atoms with Crippen LogP contribution in [0.15, 0.2) is 30.3 Å². The molecule has 1 aromatic rings. The highest BCUT2D eigenvalue weighted by Crippen LogP contribution is 2.14. The molecule has 0 saturated heterocycles. The summed E-state index contributed by atoms with van der Waals surface area (Å²) in [7, 11) is 0. The Hall–Kier alpha value is -1.80. The predicted octanol–water partition coefficient (Wildman–Crippen LogP) is 2.67. The van der Waals surface area contributed by atoms with Crippen molar-refractivity contribution in [3.05, 3.63) is 35.9 Å². The first-order valence-corrected chi connectivity index (χ1v) is 4.64. The van der Waals surface area contributed by atoms with Gasteiger partial charge in [-0.3, -0.25) is 0 Å². The van der Waals surface area contributed by atoms with Gasteiger partial charge < -0.3 is 0 Å². The van der Waals surface area contributed by atoms with E-state index in [1.165, 1.54) is 5.56 Å². The maximum Gasteiger partial charge on any atom is 0.0625 e. The molecule has 0 aliphatic carbocycles. The first-order valence-electron chi connectivity index (χ1n) is 4.64. The summed E-state index contributed by atoms with van der Waals surface area (Å²) >= 11 is 0. The molecule has 0 aromatic heterocycles. The Kier molecular flexibility index (Phi) is 4.24. The Bertz CT molecular complexity index is 327. The molecule has 2 nitrogen and oxygen atoms in total. The van der Waals surface area contributed by atoms with Gasteiger partial charge in [0.2, 0.25) is 0 Å². The minimum absolute atomic E-state index is 0.174. The van der Waals surface area contributed by atoms with E-state index in [2.05, 4.69) is 12.1 Å². The van der Waals surface area contributed by atoms with Crippen molar-refractivity contribution in [3.8, 4) is 12.1 Å². The highest BCUT2D eigenvalue weighted by molar-refractivity contribution is 5.15.